The maximum Gasteiger partial charge on any atom is 0.317 e. The van der Waals surface area contributed by atoms with E-state index in [1.165, 1.54) is 0 Å². The minimum Gasteiger partial charge on any atom is -0.337 e. The Balaban J connectivity index is 1.34. The summed E-state index contributed by atoms with van der Waals surface area (Å²) < 4.78 is 1.83. The van der Waals surface area contributed by atoms with E-state index in [-0.39, 0.29) is 11.9 Å². The molecule has 9 heteroatoms. The SMILES string of the molecule is O=C(NCc1cn2cc(Cl)ccc2n1)N1CCCN(C(=O)c2ccccc2Cl)CC1. The minimum absolute atomic E-state index is 0.105. The van der Waals surface area contributed by atoms with E-state index in [4.69, 9.17) is 23.2 Å². The van der Waals surface area contributed by atoms with Crippen LogP contribution in [0.4, 0.5) is 4.79 Å². The van der Waals surface area contributed by atoms with Gasteiger partial charge >= 0.3 is 6.03 Å². The molecular formula is C21H21Cl2N5O2. The molecule has 3 heterocycles. The zero-order valence-corrected chi connectivity index (χ0v) is 17.7. The fraction of sp³-hybridized carbons (Fsp3) is 0.286. The van der Waals surface area contributed by atoms with Crippen LogP contribution in [0.25, 0.3) is 5.65 Å². The lowest BCUT2D eigenvalue weighted by Crippen LogP contribution is -2.42. The molecule has 30 heavy (non-hydrogen) atoms. The number of hydrogen-bond donors (Lipinski definition) is 1. The first-order valence-electron chi connectivity index (χ1n) is 9.71. The number of nitrogens with zero attached hydrogens (tertiary/aromatic N) is 4. The predicted octanol–water partition coefficient (Wildman–Crippen LogP) is 3.70. The number of carbonyl (C=O) groups excluding carboxylic acids is 2. The van der Waals surface area contributed by atoms with Crippen LogP contribution in [0.3, 0.4) is 0 Å². The quantitative estimate of drug-likeness (QED) is 0.667. The molecule has 1 aromatic carbocycles. The topological polar surface area (TPSA) is 70.0 Å². The average Bonchev–Trinajstić information content (AvgIpc) is 2.97. The van der Waals surface area contributed by atoms with Crippen molar-refractivity contribution in [2.75, 3.05) is 26.2 Å². The molecule has 7 nitrogen and oxygen atoms in total. The molecule has 0 radical (unpaired) electrons. The molecule has 3 aromatic rings. The van der Waals surface area contributed by atoms with Crippen molar-refractivity contribution in [3.8, 4) is 0 Å². The van der Waals surface area contributed by atoms with Crippen LogP contribution in [-0.4, -0.2) is 57.3 Å². The van der Waals surface area contributed by atoms with Crippen LogP contribution < -0.4 is 5.32 Å². The van der Waals surface area contributed by atoms with E-state index in [9.17, 15) is 9.59 Å². The molecule has 1 N–H and O–H groups in total. The van der Waals surface area contributed by atoms with Gasteiger partial charge in [-0.25, -0.2) is 9.78 Å². The largest absolute Gasteiger partial charge is 0.337 e. The van der Waals surface area contributed by atoms with Crippen molar-refractivity contribution in [3.05, 3.63) is 70.1 Å². The zero-order valence-electron chi connectivity index (χ0n) is 16.2. The zero-order chi connectivity index (χ0) is 21.1. The van der Waals surface area contributed by atoms with Crippen LogP contribution in [0, 0.1) is 0 Å². The predicted molar refractivity (Wildman–Crippen MR) is 116 cm³/mol. The number of hydrogen-bond acceptors (Lipinski definition) is 3. The second-order valence-electron chi connectivity index (χ2n) is 7.12. The first-order chi connectivity index (χ1) is 14.5. The molecule has 1 aliphatic heterocycles. The fourth-order valence-corrected chi connectivity index (χ4v) is 3.89. The van der Waals surface area contributed by atoms with E-state index in [1.54, 1.807) is 46.3 Å². The highest BCUT2D eigenvalue weighted by molar-refractivity contribution is 6.33. The lowest BCUT2D eigenvalue weighted by Gasteiger charge is -2.22. The van der Waals surface area contributed by atoms with Gasteiger partial charge in [-0.05, 0) is 30.7 Å². The summed E-state index contributed by atoms with van der Waals surface area (Å²) in [6.45, 7) is 2.41. The number of pyridine rings is 1. The molecule has 0 aliphatic carbocycles. The maximum absolute atomic E-state index is 12.8. The first kappa shape index (κ1) is 20.5. The molecule has 0 unspecified atom stereocenters. The summed E-state index contributed by atoms with van der Waals surface area (Å²) in [4.78, 5) is 33.4. The van der Waals surface area contributed by atoms with Crippen LogP contribution >= 0.6 is 23.2 Å². The highest BCUT2D eigenvalue weighted by Gasteiger charge is 2.23. The summed E-state index contributed by atoms with van der Waals surface area (Å²) in [5, 5.41) is 3.97. The van der Waals surface area contributed by atoms with Crippen molar-refractivity contribution in [3.63, 3.8) is 0 Å². The summed E-state index contributed by atoms with van der Waals surface area (Å²) in [6.07, 6.45) is 4.32. The van der Waals surface area contributed by atoms with E-state index in [1.807, 2.05) is 16.7 Å². The molecule has 1 aliphatic rings. The summed E-state index contributed by atoms with van der Waals surface area (Å²) in [5.74, 6) is -0.105. The van der Waals surface area contributed by atoms with Crippen molar-refractivity contribution in [1.82, 2.24) is 24.5 Å². The van der Waals surface area contributed by atoms with Crippen LogP contribution in [0.15, 0.2) is 48.8 Å². The molecule has 0 atom stereocenters. The molecular weight excluding hydrogens is 425 g/mol. The van der Waals surface area contributed by atoms with Gasteiger partial charge in [-0.3, -0.25) is 4.79 Å². The number of urea groups is 1. The normalized spacial score (nSPS) is 14.6. The summed E-state index contributed by atoms with van der Waals surface area (Å²) in [6, 6.07) is 10.5. The van der Waals surface area contributed by atoms with Gasteiger partial charge in [0.1, 0.15) is 5.65 Å². The van der Waals surface area contributed by atoms with Crippen molar-refractivity contribution in [2.24, 2.45) is 0 Å². The maximum atomic E-state index is 12.8. The van der Waals surface area contributed by atoms with E-state index in [2.05, 4.69) is 10.3 Å². The number of carbonyl (C=O) groups is 2. The van der Waals surface area contributed by atoms with E-state index < -0.39 is 0 Å². The van der Waals surface area contributed by atoms with Crippen molar-refractivity contribution < 1.29 is 9.59 Å². The number of imidazole rings is 1. The Morgan fingerprint density at radius 3 is 2.57 bits per heavy atom. The molecule has 0 bridgehead atoms. The molecule has 1 fully saturated rings. The molecule has 1 saturated heterocycles. The summed E-state index contributed by atoms with van der Waals surface area (Å²) in [5.41, 5.74) is 2.01. The third-order valence-corrected chi connectivity index (χ3v) is 5.61. The highest BCUT2D eigenvalue weighted by atomic mass is 35.5. The van der Waals surface area contributed by atoms with Crippen LogP contribution in [0.1, 0.15) is 22.5 Å². The summed E-state index contributed by atoms with van der Waals surface area (Å²) in [7, 11) is 0. The average molecular weight is 446 g/mol. The lowest BCUT2D eigenvalue weighted by molar-refractivity contribution is 0.0762. The second-order valence-corrected chi connectivity index (χ2v) is 7.96. The Kier molecular flexibility index (Phi) is 6.11. The highest BCUT2D eigenvalue weighted by Crippen LogP contribution is 2.18. The molecule has 0 saturated carbocycles. The molecule has 156 valence electrons. The van der Waals surface area contributed by atoms with E-state index >= 15 is 0 Å². The van der Waals surface area contributed by atoms with Crippen molar-refractivity contribution in [2.45, 2.75) is 13.0 Å². The minimum atomic E-state index is -0.169. The van der Waals surface area contributed by atoms with Gasteiger partial charge < -0.3 is 19.5 Å². The van der Waals surface area contributed by atoms with Gasteiger partial charge in [-0.1, -0.05) is 35.3 Å². The number of halogens is 2. The number of rotatable bonds is 3. The lowest BCUT2D eigenvalue weighted by atomic mass is 10.2. The van der Waals surface area contributed by atoms with Gasteiger partial charge in [0.15, 0.2) is 0 Å². The third-order valence-electron chi connectivity index (χ3n) is 5.06. The van der Waals surface area contributed by atoms with Crippen LogP contribution in [0.2, 0.25) is 10.0 Å². The van der Waals surface area contributed by atoms with Gasteiger partial charge in [0.2, 0.25) is 0 Å². The van der Waals surface area contributed by atoms with Gasteiger partial charge in [0, 0.05) is 38.6 Å². The third kappa shape index (κ3) is 4.52. The number of benzene rings is 1. The number of aromatic nitrogens is 2. The Bertz CT molecular complexity index is 1080. The Hall–Kier alpha value is -2.77. The Morgan fingerprint density at radius 2 is 1.73 bits per heavy atom. The fourth-order valence-electron chi connectivity index (χ4n) is 3.51. The van der Waals surface area contributed by atoms with Gasteiger partial charge in [-0.15, -0.1) is 0 Å². The Morgan fingerprint density at radius 1 is 0.967 bits per heavy atom. The summed E-state index contributed by atoms with van der Waals surface area (Å²) >= 11 is 12.2. The first-order valence-corrected chi connectivity index (χ1v) is 10.5. The molecule has 3 amide bonds. The van der Waals surface area contributed by atoms with Gasteiger partial charge in [0.05, 0.1) is 27.8 Å². The standard InChI is InChI=1S/C21H21Cl2N5O2/c22-15-6-7-19-25-16(14-28(19)13-15)12-24-21(30)27-9-3-8-26(10-11-27)20(29)17-4-1-2-5-18(17)23/h1-2,4-7,13-14H,3,8-12H2,(H,24,30). The monoisotopic (exact) mass is 445 g/mol. The van der Waals surface area contributed by atoms with Gasteiger partial charge in [0.25, 0.3) is 5.91 Å². The molecule has 2 aromatic heterocycles. The smallest absolute Gasteiger partial charge is 0.317 e. The number of amides is 3. The molecule has 4 rings (SSSR count). The van der Waals surface area contributed by atoms with Crippen molar-refractivity contribution in [1.29, 1.82) is 0 Å². The number of fused-ring (bicyclic) bond motifs is 1. The molecule has 0 spiro atoms. The Labute approximate surface area is 184 Å². The van der Waals surface area contributed by atoms with Crippen LogP contribution in [-0.2, 0) is 6.54 Å². The van der Waals surface area contributed by atoms with E-state index in [0.29, 0.717) is 54.8 Å². The van der Waals surface area contributed by atoms with E-state index in [0.717, 1.165) is 11.3 Å². The van der Waals surface area contributed by atoms with Crippen molar-refractivity contribution >= 4 is 40.8 Å². The van der Waals surface area contributed by atoms with Crippen LogP contribution in [0.5, 0.6) is 0 Å². The second kappa shape index (κ2) is 8.93. The number of nitrogens with one attached hydrogen (secondary N) is 1. The van der Waals surface area contributed by atoms with Gasteiger partial charge in [-0.2, -0.15) is 0 Å².